The lowest BCUT2D eigenvalue weighted by molar-refractivity contribution is 1.44. The van der Waals surface area contributed by atoms with Crippen molar-refractivity contribution in [1.29, 1.82) is 0 Å². The van der Waals surface area contributed by atoms with Crippen LogP contribution < -0.4 is 0 Å². The Morgan fingerprint density at radius 1 is 0.450 bits per heavy atom. The van der Waals surface area contributed by atoms with Crippen LogP contribution in [0.4, 0.5) is 0 Å². The molecule has 0 atom stereocenters. The number of hydrogen-bond donors (Lipinski definition) is 0. The Morgan fingerprint density at radius 2 is 0.800 bits per heavy atom. The van der Waals surface area contributed by atoms with Crippen LogP contribution in [0, 0.1) is 13.8 Å². The van der Waals surface area contributed by atoms with Gasteiger partial charge in [0.05, 0.1) is 40.9 Å². The van der Waals surface area contributed by atoms with E-state index in [1.807, 2.05) is 0 Å². The number of aryl methyl sites for hydroxylation is 2. The SMILES string of the molecule is Cc1ccc(-c2nc3cc4sc(/C=C/c5nc6cc7sc(-c8ccc(C)cc8)nc7cc6s5)nc4cc3s2)cc1. The fraction of sp³-hybridized carbons (Fsp3) is 0.0625. The molecule has 8 heteroatoms. The molecule has 0 unspecified atom stereocenters. The van der Waals surface area contributed by atoms with Crippen LogP contribution in [-0.4, -0.2) is 19.9 Å². The van der Waals surface area contributed by atoms with Crippen LogP contribution in [0.15, 0.2) is 72.8 Å². The van der Waals surface area contributed by atoms with Crippen molar-refractivity contribution in [3.63, 3.8) is 0 Å². The number of aromatic nitrogens is 4. The lowest BCUT2D eigenvalue weighted by Crippen LogP contribution is -1.76. The molecule has 0 bridgehead atoms. The van der Waals surface area contributed by atoms with Gasteiger partial charge in [0.15, 0.2) is 0 Å². The monoisotopic (exact) mass is 588 g/mol. The van der Waals surface area contributed by atoms with E-state index in [1.54, 1.807) is 45.3 Å². The van der Waals surface area contributed by atoms with E-state index in [2.05, 4.69) is 98.8 Å². The molecule has 0 N–H and O–H groups in total. The smallest absolute Gasteiger partial charge is 0.124 e. The number of hydrogen-bond acceptors (Lipinski definition) is 8. The Bertz CT molecular complexity index is 1970. The maximum Gasteiger partial charge on any atom is 0.124 e. The summed E-state index contributed by atoms with van der Waals surface area (Å²) in [7, 11) is 0. The fourth-order valence-corrected chi connectivity index (χ4v) is 8.40. The van der Waals surface area contributed by atoms with Crippen LogP contribution in [-0.2, 0) is 0 Å². The molecule has 0 saturated heterocycles. The van der Waals surface area contributed by atoms with Gasteiger partial charge in [-0.15, -0.1) is 45.3 Å². The summed E-state index contributed by atoms with van der Waals surface area (Å²) in [6.07, 6.45) is 4.13. The standard InChI is InChI=1S/C32H20N4S4/c1-17-3-7-19(8-4-17)31-35-23-15-25-21(13-27(23)39-31)33-29(37-25)11-12-30-34-22-14-28-24(16-26(22)38-30)36-32(40-28)20-9-5-18(2)6-10-20/h3-16H,1-2H3/b12-11+. The number of rotatable bonds is 4. The Labute approximate surface area is 246 Å². The highest BCUT2D eigenvalue weighted by atomic mass is 32.1. The Hall–Kier alpha value is -3.82. The minimum absolute atomic E-state index is 0.969. The zero-order valence-electron chi connectivity index (χ0n) is 21.5. The molecule has 0 radical (unpaired) electrons. The van der Waals surface area contributed by atoms with Crippen molar-refractivity contribution in [2.45, 2.75) is 13.8 Å². The molecule has 0 aliphatic rings. The van der Waals surface area contributed by atoms with Crippen molar-refractivity contribution in [1.82, 2.24) is 19.9 Å². The third kappa shape index (κ3) is 4.33. The molecular formula is C32H20N4S4. The van der Waals surface area contributed by atoms with Crippen molar-refractivity contribution in [3.8, 4) is 21.1 Å². The Balaban J connectivity index is 1.07. The van der Waals surface area contributed by atoms with E-state index >= 15 is 0 Å². The Morgan fingerprint density at radius 3 is 1.20 bits per heavy atom. The lowest BCUT2D eigenvalue weighted by Gasteiger charge is -1.95. The molecule has 4 heterocycles. The minimum atomic E-state index is 0.969. The van der Waals surface area contributed by atoms with Gasteiger partial charge in [0, 0.05) is 11.1 Å². The summed E-state index contributed by atoms with van der Waals surface area (Å²) in [5.74, 6) is 0. The second-order valence-electron chi connectivity index (χ2n) is 9.78. The molecule has 0 fully saturated rings. The molecular weight excluding hydrogens is 569 g/mol. The molecule has 0 aliphatic carbocycles. The maximum absolute atomic E-state index is 4.90. The van der Waals surface area contributed by atoms with Crippen molar-refractivity contribution in [2.24, 2.45) is 0 Å². The molecule has 0 amide bonds. The van der Waals surface area contributed by atoms with E-state index in [9.17, 15) is 0 Å². The second-order valence-corrected chi connectivity index (χ2v) is 14.0. The first-order chi connectivity index (χ1) is 19.5. The van der Waals surface area contributed by atoms with E-state index in [1.165, 1.54) is 11.1 Å². The third-order valence-electron chi connectivity index (χ3n) is 6.79. The van der Waals surface area contributed by atoms with Crippen molar-refractivity contribution >= 4 is 98.4 Å². The van der Waals surface area contributed by atoms with Gasteiger partial charge in [-0.2, -0.15) is 0 Å². The number of thiazole rings is 4. The molecule has 8 rings (SSSR count). The molecule has 4 nitrogen and oxygen atoms in total. The molecule has 4 aromatic carbocycles. The van der Waals surface area contributed by atoms with E-state index < -0.39 is 0 Å². The number of fused-ring (bicyclic) bond motifs is 4. The molecule has 4 aromatic heterocycles. The quantitative estimate of drug-likeness (QED) is 0.205. The fourth-order valence-electron chi connectivity index (χ4n) is 4.66. The zero-order chi connectivity index (χ0) is 26.8. The summed E-state index contributed by atoms with van der Waals surface area (Å²) >= 11 is 6.80. The highest BCUT2D eigenvalue weighted by Gasteiger charge is 2.12. The molecule has 192 valence electrons. The molecule has 40 heavy (non-hydrogen) atoms. The highest BCUT2D eigenvalue weighted by Crippen LogP contribution is 2.37. The van der Waals surface area contributed by atoms with E-state index in [4.69, 9.17) is 19.9 Å². The van der Waals surface area contributed by atoms with Gasteiger partial charge in [0.25, 0.3) is 0 Å². The van der Waals surface area contributed by atoms with Crippen LogP contribution >= 0.6 is 45.3 Å². The molecule has 8 aromatic rings. The van der Waals surface area contributed by atoms with E-state index in [-0.39, 0.29) is 0 Å². The predicted molar refractivity (Wildman–Crippen MR) is 175 cm³/mol. The number of benzene rings is 4. The zero-order valence-corrected chi connectivity index (χ0v) is 24.8. The molecule has 0 spiro atoms. The van der Waals surface area contributed by atoms with Crippen LogP contribution in [0.25, 0.3) is 74.2 Å². The molecule has 0 aliphatic heterocycles. The summed E-state index contributed by atoms with van der Waals surface area (Å²) in [6.45, 7) is 4.21. The van der Waals surface area contributed by atoms with Gasteiger partial charge in [0.2, 0.25) is 0 Å². The first kappa shape index (κ1) is 24.0. The van der Waals surface area contributed by atoms with Crippen LogP contribution in [0.1, 0.15) is 21.1 Å². The molecule has 0 saturated carbocycles. The summed E-state index contributed by atoms with van der Waals surface area (Å²) in [4.78, 5) is 19.6. The normalized spacial score (nSPS) is 12.2. The maximum atomic E-state index is 4.90. The summed E-state index contributed by atoms with van der Waals surface area (Å²) < 4.78 is 4.61. The largest absolute Gasteiger partial charge is 0.237 e. The lowest BCUT2D eigenvalue weighted by atomic mass is 10.2. The van der Waals surface area contributed by atoms with E-state index in [0.717, 1.165) is 72.0 Å². The van der Waals surface area contributed by atoms with Gasteiger partial charge >= 0.3 is 0 Å². The van der Waals surface area contributed by atoms with Crippen molar-refractivity contribution in [3.05, 3.63) is 93.9 Å². The topological polar surface area (TPSA) is 51.6 Å². The first-order valence-corrected chi connectivity index (χ1v) is 16.1. The van der Waals surface area contributed by atoms with Gasteiger partial charge in [-0.25, -0.2) is 19.9 Å². The van der Waals surface area contributed by atoms with Crippen LogP contribution in [0.2, 0.25) is 0 Å². The van der Waals surface area contributed by atoms with Gasteiger partial charge in [-0.1, -0.05) is 59.7 Å². The second kappa shape index (κ2) is 9.38. The van der Waals surface area contributed by atoms with Gasteiger partial charge in [0.1, 0.15) is 20.0 Å². The van der Waals surface area contributed by atoms with Gasteiger partial charge < -0.3 is 0 Å². The predicted octanol–water partition coefficient (Wildman–Crippen LogP) is 10.2. The Kier molecular flexibility index (Phi) is 5.63. The van der Waals surface area contributed by atoms with Crippen molar-refractivity contribution < 1.29 is 0 Å². The minimum Gasteiger partial charge on any atom is -0.237 e. The van der Waals surface area contributed by atoms with Crippen LogP contribution in [0.5, 0.6) is 0 Å². The van der Waals surface area contributed by atoms with Gasteiger partial charge in [-0.3, -0.25) is 0 Å². The van der Waals surface area contributed by atoms with E-state index in [0.29, 0.717) is 0 Å². The average Bonchev–Trinajstić information content (AvgIpc) is 3.73. The van der Waals surface area contributed by atoms with Crippen LogP contribution in [0.3, 0.4) is 0 Å². The first-order valence-electron chi connectivity index (χ1n) is 12.8. The van der Waals surface area contributed by atoms with Gasteiger partial charge in [-0.05, 0) is 50.3 Å². The van der Waals surface area contributed by atoms with Crippen molar-refractivity contribution in [2.75, 3.05) is 0 Å². The average molecular weight is 589 g/mol. The summed E-state index contributed by atoms with van der Waals surface area (Å²) in [5, 5.41) is 4.03. The summed E-state index contributed by atoms with van der Waals surface area (Å²) in [5.41, 5.74) is 8.90. The number of nitrogens with zero attached hydrogens (tertiary/aromatic N) is 4. The summed E-state index contributed by atoms with van der Waals surface area (Å²) in [6, 6.07) is 25.7. The highest BCUT2D eigenvalue weighted by molar-refractivity contribution is 7.23. The third-order valence-corrected chi connectivity index (χ3v) is 10.9.